The van der Waals surface area contributed by atoms with E-state index in [9.17, 15) is 9.59 Å². The van der Waals surface area contributed by atoms with Gasteiger partial charge in [0.2, 0.25) is 5.91 Å². The lowest BCUT2D eigenvalue weighted by Gasteiger charge is -2.13. The minimum atomic E-state index is -0.301. The molecule has 0 spiro atoms. The average Bonchev–Trinajstić information content (AvgIpc) is 2.69. The molecule has 0 fully saturated rings. The molecule has 3 aromatic rings. The van der Waals surface area contributed by atoms with Gasteiger partial charge in [-0.05, 0) is 54.6 Å². The molecule has 6 nitrogen and oxygen atoms in total. The minimum absolute atomic E-state index is 0.198. The number of rotatable bonds is 6. The van der Waals surface area contributed by atoms with Crippen LogP contribution in [-0.4, -0.2) is 18.9 Å². The van der Waals surface area contributed by atoms with Gasteiger partial charge in [0.25, 0.3) is 5.91 Å². The summed E-state index contributed by atoms with van der Waals surface area (Å²) < 4.78 is 11.0. The summed E-state index contributed by atoms with van der Waals surface area (Å²) in [6, 6.07) is 21.2. The minimum Gasteiger partial charge on any atom is -0.495 e. The van der Waals surface area contributed by atoms with E-state index in [1.165, 1.54) is 14.0 Å². The third-order valence-corrected chi connectivity index (χ3v) is 3.86. The van der Waals surface area contributed by atoms with Crippen LogP contribution < -0.4 is 20.1 Å². The predicted molar refractivity (Wildman–Crippen MR) is 108 cm³/mol. The van der Waals surface area contributed by atoms with Gasteiger partial charge in [0.05, 0.1) is 12.8 Å². The van der Waals surface area contributed by atoms with E-state index in [4.69, 9.17) is 9.47 Å². The SMILES string of the molecule is COc1ccc(NC(C)=O)cc1NC(=O)c1ccc(Oc2ccccc2)cc1. The van der Waals surface area contributed by atoms with E-state index < -0.39 is 0 Å². The first kappa shape index (κ1) is 19.0. The molecule has 0 bridgehead atoms. The highest BCUT2D eigenvalue weighted by Gasteiger charge is 2.11. The summed E-state index contributed by atoms with van der Waals surface area (Å²) >= 11 is 0. The van der Waals surface area contributed by atoms with Crippen molar-refractivity contribution < 1.29 is 19.1 Å². The molecule has 0 aliphatic heterocycles. The van der Waals surface area contributed by atoms with Crippen molar-refractivity contribution >= 4 is 23.2 Å². The van der Waals surface area contributed by atoms with Crippen molar-refractivity contribution in [3.05, 3.63) is 78.4 Å². The summed E-state index contributed by atoms with van der Waals surface area (Å²) in [6.07, 6.45) is 0. The maximum atomic E-state index is 12.6. The normalized spacial score (nSPS) is 10.1. The Kier molecular flexibility index (Phi) is 5.91. The van der Waals surface area contributed by atoms with Crippen LogP contribution in [0.1, 0.15) is 17.3 Å². The Morgan fingerprint density at radius 2 is 1.50 bits per heavy atom. The highest BCUT2D eigenvalue weighted by molar-refractivity contribution is 6.05. The quantitative estimate of drug-likeness (QED) is 0.654. The van der Waals surface area contributed by atoms with Crippen LogP contribution in [0.2, 0.25) is 0 Å². The van der Waals surface area contributed by atoms with Crippen LogP contribution >= 0.6 is 0 Å². The summed E-state index contributed by atoms with van der Waals surface area (Å²) in [6.45, 7) is 1.42. The zero-order chi connectivity index (χ0) is 19.9. The number of para-hydroxylation sites is 1. The first-order valence-electron chi connectivity index (χ1n) is 8.65. The Labute approximate surface area is 163 Å². The Hall–Kier alpha value is -3.80. The van der Waals surface area contributed by atoms with E-state index in [0.717, 1.165) is 5.75 Å². The standard InChI is InChI=1S/C22H20N2O4/c1-15(25)23-17-10-13-21(27-2)20(14-17)24-22(26)16-8-11-19(12-9-16)28-18-6-4-3-5-7-18/h3-14H,1-2H3,(H,23,25)(H,24,26). The lowest BCUT2D eigenvalue weighted by molar-refractivity contribution is -0.114. The summed E-state index contributed by atoms with van der Waals surface area (Å²) in [5.74, 6) is 1.35. The molecule has 28 heavy (non-hydrogen) atoms. The Bertz CT molecular complexity index is 970. The smallest absolute Gasteiger partial charge is 0.255 e. The molecule has 0 saturated carbocycles. The number of hydrogen-bond donors (Lipinski definition) is 2. The molecule has 0 aliphatic carbocycles. The van der Waals surface area contributed by atoms with Crippen molar-refractivity contribution in [2.45, 2.75) is 6.92 Å². The number of methoxy groups -OCH3 is 1. The zero-order valence-corrected chi connectivity index (χ0v) is 15.6. The molecular weight excluding hydrogens is 356 g/mol. The number of nitrogens with one attached hydrogen (secondary N) is 2. The number of benzene rings is 3. The summed E-state index contributed by atoms with van der Waals surface area (Å²) in [7, 11) is 1.51. The maximum Gasteiger partial charge on any atom is 0.255 e. The fourth-order valence-electron chi connectivity index (χ4n) is 2.58. The Morgan fingerprint density at radius 1 is 0.821 bits per heavy atom. The molecule has 3 aromatic carbocycles. The van der Waals surface area contributed by atoms with Crippen LogP contribution in [0.3, 0.4) is 0 Å². The molecule has 0 unspecified atom stereocenters. The molecule has 0 radical (unpaired) electrons. The molecule has 3 rings (SSSR count). The Morgan fingerprint density at radius 3 is 2.14 bits per heavy atom. The van der Waals surface area contributed by atoms with Gasteiger partial charge in [-0.3, -0.25) is 9.59 Å². The van der Waals surface area contributed by atoms with E-state index in [0.29, 0.717) is 28.4 Å². The second-order valence-electron chi connectivity index (χ2n) is 5.99. The molecular formula is C22H20N2O4. The van der Waals surface area contributed by atoms with Gasteiger partial charge < -0.3 is 20.1 Å². The monoisotopic (exact) mass is 376 g/mol. The summed E-state index contributed by atoms with van der Waals surface area (Å²) in [5.41, 5.74) is 1.49. The number of hydrogen-bond acceptors (Lipinski definition) is 4. The second kappa shape index (κ2) is 8.73. The fourth-order valence-corrected chi connectivity index (χ4v) is 2.58. The maximum absolute atomic E-state index is 12.6. The van der Waals surface area contributed by atoms with E-state index in [1.54, 1.807) is 42.5 Å². The number of ether oxygens (including phenoxy) is 2. The van der Waals surface area contributed by atoms with E-state index in [1.807, 2.05) is 30.3 Å². The van der Waals surface area contributed by atoms with Crippen molar-refractivity contribution in [1.82, 2.24) is 0 Å². The van der Waals surface area contributed by atoms with Gasteiger partial charge in [0.1, 0.15) is 17.2 Å². The van der Waals surface area contributed by atoms with Crippen LogP contribution in [-0.2, 0) is 4.79 Å². The number of amides is 2. The molecule has 2 N–H and O–H groups in total. The first-order valence-corrected chi connectivity index (χ1v) is 8.65. The van der Waals surface area contributed by atoms with E-state index in [-0.39, 0.29) is 11.8 Å². The molecule has 0 aliphatic rings. The van der Waals surface area contributed by atoms with Crippen LogP contribution in [0.15, 0.2) is 72.8 Å². The van der Waals surface area contributed by atoms with E-state index >= 15 is 0 Å². The average molecular weight is 376 g/mol. The van der Waals surface area contributed by atoms with Crippen LogP contribution in [0.25, 0.3) is 0 Å². The third kappa shape index (κ3) is 4.88. The van der Waals surface area contributed by atoms with Crippen LogP contribution in [0, 0.1) is 0 Å². The molecule has 6 heteroatoms. The fraction of sp³-hybridized carbons (Fsp3) is 0.0909. The number of anilines is 2. The predicted octanol–water partition coefficient (Wildman–Crippen LogP) is 4.70. The molecule has 0 heterocycles. The summed E-state index contributed by atoms with van der Waals surface area (Å²) in [4.78, 5) is 23.8. The first-order chi connectivity index (χ1) is 13.5. The van der Waals surface area contributed by atoms with Gasteiger partial charge >= 0.3 is 0 Å². The van der Waals surface area contributed by atoms with Gasteiger partial charge in [0, 0.05) is 18.2 Å². The largest absolute Gasteiger partial charge is 0.495 e. The van der Waals surface area contributed by atoms with Gasteiger partial charge in [-0.15, -0.1) is 0 Å². The zero-order valence-electron chi connectivity index (χ0n) is 15.6. The highest BCUT2D eigenvalue weighted by atomic mass is 16.5. The van der Waals surface area contributed by atoms with Crippen molar-refractivity contribution in [1.29, 1.82) is 0 Å². The molecule has 0 saturated heterocycles. The van der Waals surface area contributed by atoms with Crippen molar-refractivity contribution in [3.8, 4) is 17.2 Å². The molecule has 142 valence electrons. The lowest BCUT2D eigenvalue weighted by atomic mass is 10.2. The number of carbonyl (C=O) groups excluding carboxylic acids is 2. The Balaban J connectivity index is 1.73. The van der Waals surface area contributed by atoms with Gasteiger partial charge in [-0.2, -0.15) is 0 Å². The van der Waals surface area contributed by atoms with E-state index in [2.05, 4.69) is 10.6 Å². The number of carbonyl (C=O) groups is 2. The summed E-state index contributed by atoms with van der Waals surface area (Å²) in [5, 5.41) is 5.48. The molecule has 0 atom stereocenters. The van der Waals surface area contributed by atoms with Gasteiger partial charge in [-0.1, -0.05) is 18.2 Å². The van der Waals surface area contributed by atoms with Crippen molar-refractivity contribution in [3.63, 3.8) is 0 Å². The van der Waals surface area contributed by atoms with Crippen molar-refractivity contribution in [2.24, 2.45) is 0 Å². The van der Waals surface area contributed by atoms with Gasteiger partial charge in [0.15, 0.2) is 0 Å². The molecule has 0 aromatic heterocycles. The van der Waals surface area contributed by atoms with Gasteiger partial charge in [-0.25, -0.2) is 0 Å². The molecule has 2 amide bonds. The van der Waals surface area contributed by atoms with Crippen LogP contribution in [0.5, 0.6) is 17.2 Å². The lowest BCUT2D eigenvalue weighted by Crippen LogP contribution is -2.13. The van der Waals surface area contributed by atoms with Crippen LogP contribution in [0.4, 0.5) is 11.4 Å². The van der Waals surface area contributed by atoms with Crippen molar-refractivity contribution in [2.75, 3.05) is 17.7 Å². The topological polar surface area (TPSA) is 76.7 Å². The second-order valence-corrected chi connectivity index (χ2v) is 5.99. The third-order valence-electron chi connectivity index (χ3n) is 3.86. The highest BCUT2D eigenvalue weighted by Crippen LogP contribution is 2.29.